The van der Waals surface area contributed by atoms with Gasteiger partial charge in [0.25, 0.3) is 0 Å². The second-order valence-corrected chi connectivity index (χ2v) is 9.12. The van der Waals surface area contributed by atoms with Crippen LogP contribution >= 0.6 is 0 Å². The summed E-state index contributed by atoms with van der Waals surface area (Å²) < 4.78 is 15.7. The molecule has 0 unspecified atom stereocenters. The van der Waals surface area contributed by atoms with Gasteiger partial charge in [0.05, 0.1) is 13.2 Å². The predicted molar refractivity (Wildman–Crippen MR) is 145 cm³/mol. The van der Waals surface area contributed by atoms with Crippen molar-refractivity contribution >= 4 is 5.78 Å². The molecule has 1 N–H and O–H groups in total. The number of allylic oxidation sites excluding steroid dienone is 2. The van der Waals surface area contributed by atoms with Crippen molar-refractivity contribution in [2.75, 3.05) is 33.7 Å². The van der Waals surface area contributed by atoms with Gasteiger partial charge < -0.3 is 19.3 Å². The van der Waals surface area contributed by atoms with Crippen molar-refractivity contribution in [2.24, 2.45) is 0 Å². The molecule has 0 aromatic heterocycles. The van der Waals surface area contributed by atoms with Crippen LogP contribution in [-0.2, 0) is 20.6 Å². The summed E-state index contributed by atoms with van der Waals surface area (Å²) in [6.45, 7) is 1.25. The highest BCUT2D eigenvalue weighted by molar-refractivity contribution is 6.08. The number of ketones is 1. The third kappa shape index (κ3) is 13.1. The topological polar surface area (TPSA) is 65.0 Å². The van der Waals surface area contributed by atoms with E-state index >= 15 is 0 Å². The van der Waals surface area contributed by atoms with Crippen LogP contribution in [0.1, 0.15) is 79.3 Å². The number of aliphatic hydroxyl groups excluding tert-OH is 1. The predicted octanol–water partition coefficient (Wildman–Crippen LogP) is 6.53. The number of ether oxygens (including phenoxy) is 3. The van der Waals surface area contributed by atoms with E-state index in [1.54, 1.807) is 7.11 Å². The van der Waals surface area contributed by atoms with Gasteiger partial charge in [0.1, 0.15) is 12.9 Å². The molecule has 1 atom stereocenters. The zero-order valence-corrected chi connectivity index (χ0v) is 21.9. The van der Waals surface area contributed by atoms with Gasteiger partial charge in [-0.2, -0.15) is 0 Å². The largest absolute Gasteiger partial charge is 0.394 e. The lowest BCUT2D eigenvalue weighted by Gasteiger charge is -2.14. The summed E-state index contributed by atoms with van der Waals surface area (Å²) in [6.07, 6.45) is 16.0. The molecular weight excluding hydrogens is 452 g/mol. The van der Waals surface area contributed by atoms with E-state index in [4.69, 9.17) is 14.2 Å². The molecule has 0 bridgehead atoms. The van der Waals surface area contributed by atoms with Gasteiger partial charge in [-0.05, 0) is 44.1 Å². The number of carbonyl (C=O) groups is 1. The lowest BCUT2D eigenvalue weighted by atomic mass is 10.0. The number of methoxy groups -OCH3 is 1. The molecule has 198 valence electrons. The molecule has 0 aliphatic rings. The Balaban J connectivity index is 1.42. The van der Waals surface area contributed by atoms with Crippen LogP contribution in [0, 0.1) is 0 Å². The maximum absolute atomic E-state index is 12.5. The lowest BCUT2D eigenvalue weighted by molar-refractivity contribution is -0.111. The van der Waals surface area contributed by atoms with Crippen molar-refractivity contribution in [3.63, 3.8) is 0 Å². The van der Waals surface area contributed by atoms with Crippen molar-refractivity contribution in [3.8, 4) is 0 Å². The Morgan fingerprint density at radius 1 is 0.833 bits per heavy atom. The van der Waals surface area contributed by atoms with Crippen LogP contribution in [0.15, 0.2) is 66.7 Å². The Hall–Kier alpha value is -2.31. The molecule has 0 amide bonds. The maximum Gasteiger partial charge on any atom is 0.193 e. The molecule has 0 spiro atoms. The van der Waals surface area contributed by atoms with Gasteiger partial charge >= 0.3 is 0 Å². The van der Waals surface area contributed by atoms with E-state index in [0.717, 1.165) is 43.2 Å². The Bertz CT molecular complexity index is 832. The zero-order chi connectivity index (χ0) is 25.7. The minimum atomic E-state index is -0.304. The van der Waals surface area contributed by atoms with Crippen molar-refractivity contribution in [3.05, 3.63) is 83.4 Å². The van der Waals surface area contributed by atoms with E-state index < -0.39 is 0 Å². The highest BCUT2D eigenvalue weighted by Gasteiger charge is 2.08. The summed E-state index contributed by atoms with van der Waals surface area (Å²) in [5, 5.41) is 9.18. The number of aryl methyl sites for hydroxylation is 1. The molecule has 0 saturated heterocycles. The van der Waals surface area contributed by atoms with Crippen molar-refractivity contribution in [1.82, 2.24) is 0 Å². The highest BCUT2D eigenvalue weighted by Crippen LogP contribution is 2.13. The number of aliphatic hydroxyl groups is 1. The minimum absolute atomic E-state index is 0.0512. The SMILES string of the molecule is COCO[C@@H](CO)COCCCCCCCC/C=C\CCCc1ccc(C(=O)c2ccccc2)cc1. The van der Waals surface area contributed by atoms with Gasteiger partial charge in [0.15, 0.2) is 5.78 Å². The van der Waals surface area contributed by atoms with Gasteiger partial charge in [-0.15, -0.1) is 0 Å². The van der Waals surface area contributed by atoms with E-state index in [2.05, 4.69) is 24.3 Å². The van der Waals surface area contributed by atoms with Crippen molar-refractivity contribution in [1.29, 1.82) is 0 Å². The fourth-order valence-electron chi connectivity index (χ4n) is 3.94. The summed E-state index contributed by atoms with van der Waals surface area (Å²) in [6, 6.07) is 17.5. The number of rotatable bonds is 21. The van der Waals surface area contributed by atoms with E-state index in [1.807, 2.05) is 42.5 Å². The molecule has 5 nitrogen and oxygen atoms in total. The molecule has 0 aliphatic heterocycles. The number of unbranched alkanes of at least 4 members (excludes halogenated alkanes) is 7. The fraction of sp³-hybridized carbons (Fsp3) is 0.516. The molecule has 2 aromatic rings. The molecular formula is C31H44O5. The van der Waals surface area contributed by atoms with E-state index in [9.17, 15) is 9.90 Å². The van der Waals surface area contributed by atoms with Crippen LogP contribution in [0.25, 0.3) is 0 Å². The number of hydrogen-bond acceptors (Lipinski definition) is 5. The van der Waals surface area contributed by atoms with Gasteiger partial charge in [-0.1, -0.05) is 92.4 Å². The van der Waals surface area contributed by atoms with Crippen molar-refractivity contribution < 1.29 is 24.1 Å². The third-order valence-corrected chi connectivity index (χ3v) is 6.09. The highest BCUT2D eigenvalue weighted by atomic mass is 16.7. The molecule has 0 fully saturated rings. The molecule has 0 aliphatic carbocycles. The Morgan fingerprint density at radius 3 is 2.17 bits per heavy atom. The first kappa shape index (κ1) is 29.9. The average Bonchev–Trinajstić information content (AvgIpc) is 2.93. The van der Waals surface area contributed by atoms with E-state index in [-0.39, 0.29) is 25.3 Å². The molecule has 2 rings (SSSR count). The average molecular weight is 497 g/mol. The van der Waals surface area contributed by atoms with Gasteiger partial charge in [0, 0.05) is 24.8 Å². The van der Waals surface area contributed by atoms with Crippen LogP contribution in [0.2, 0.25) is 0 Å². The molecule has 0 saturated carbocycles. The van der Waals surface area contributed by atoms with Crippen molar-refractivity contribution in [2.45, 2.75) is 70.3 Å². The summed E-state index contributed by atoms with van der Waals surface area (Å²) in [5.41, 5.74) is 2.77. The molecule has 2 aromatic carbocycles. The van der Waals surface area contributed by atoms with Crippen LogP contribution in [0.3, 0.4) is 0 Å². The smallest absolute Gasteiger partial charge is 0.193 e. The monoisotopic (exact) mass is 496 g/mol. The summed E-state index contributed by atoms with van der Waals surface area (Å²) >= 11 is 0. The number of benzene rings is 2. The molecule has 5 heteroatoms. The van der Waals surface area contributed by atoms with E-state index in [1.165, 1.54) is 37.7 Å². The minimum Gasteiger partial charge on any atom is -0.394 e. The quantitative estimate of drug-likeness (QED) is 0.0922. The third-order valence-electron chi connectivity index (χ3n) is 6.09. The Morgan fingerprint density at radius 2 is 1.47 bits per heavy atom. The number of hydrogen-bond donors (Lipinski definition) is 1. The second-order valence-electron chi connectivity index (χ2n) is 9.12. The summed E-state index contributed by atoms with van der Waals surface area (Å²) in [4.78, 5) is 12.5. The Labute approximate surface area is 217 Å². The first-order valence-electron chi connectivity index (χ1n) is 13.4. The summed E-state index contributed by atoms with van der Waals surface area (Å²) in [7, 11) is 1.56. The Kier molecular flexibility index (Phi) is 16.5. The zero-order valence-electron chi connectivity index (χ0n) is 21.9. The normalized spacial score (nSPS) is 12.3. The molecule has 36 heavy (non-hydrogen) atoms. The first-order valence-corrected chi connectivity index (χ1v) is 13.4. The number of carbonyl (C=O) groups excluding carboxylic acids is 1. The lowest BCUT2D eigenvalue weighted by Crippen LogP contribution is -2.25. The fourth-order valence-corrected chi connectivity index (χ4v) is 3.94. The van der Waals surface area contributed by atoms with Gasteiger partial charge in [-0.3, -0.25) is 4.79 Å². The second kappa shape index (κ2) is 19.8. The van der Waals surface area contributed by atoms with Gasteiger partial charge in [0.2, 0.25) is 0 Å². The van der Waals surface area contributed by atoms with Crippen LogP contribution < -0.4 is 0 Å². The summed E-state index contributed by atoms with van der Waals surface area (Å²) in [5.74, 6) is 0.0796. The van der Waals surface area contributed by atoms with Crippen LogP contribution in [0.5, 0.6) is 0 Å². The maximum atomic E-state index is 12.5. The first-order chi connectivity index (χ1) is 17.7. The van der Waals surface area contributed by atoms with Crippen LogP contribution in [0.4, 0.5) is 0 Å². The van der Waals surface area contributed by atoms with Gasteiger partial charge in [-0.25, -0.2) is 0 Å². The molecule has 0 heterocycles. The molecule has 0 radical (unpaired) electrons. The standard InChI is InChI=1S/C31H44O5/c1-34-26-36-30(24-32)25-35-23-15-10-8-6-4-2-3-5-7-9-12-16-27-19-21-29(22-20-27)31(33)28-17-13-11-14-18-28/h5,7,11,13-14,17-22,30,32H,2-4,6,8-10,12,15-16,23-26H2,1H3/b7-5-/t30-/m0/s1. The van der Waals surface area contributed by atoms with E-state index in [0.29, 0.717) is 13.2 Å². The van der Waals surface area contributed by atoms with Crippen LogP contribution in [-0.4, -0.2) is 50.7 Å².